The molecule has 0 aliphatic carbocycles. The number of carboxylic acid groups (broad SMARTS) is 1. The van der Waals surface area contributed by atoms with Crippen molar-refractivity contribution in [3.05, 3.63) is 0 Å². The summed E-state index contributed by atoms with van der Waals surface area (Å²) in [6.45, 7) is -6.12. The average molecular weight is 1170 g/mol. The van der Waals surface area contributed by atoms with E-state index in [1.807, 2.05) is 0 Å². The van der Waals surface area contributed by atoms with Crippen LogP contribution in [0.25, 0.3) is 0 Å². The maximum atomic E-state index is 11.8. The van der Waals surface area contributed by atoms with Crippen molar-refractivity contribution in [1.82, 2.24) is 0 Å². The SMILES string of the molecule is O=C(O)[C@H]1OC(O)[C@H](O)[C@@H](O)[C@@H]1O[C@H]1O[C@H](CO)[C@@H](O[C@H]2O[C@H](CO)[C@@H](O[C@H]3O[C@H](CO)[C@@H](O[C@H]4O[C@H](CO)[C@@H](O[C@H]5O[C@H](CO)[C@@H](O[C@H]6O[C@H](CO)[C@@H](O)[C@H](O)[C@H]6O)[C@H](O)[C@H]5O)[C@H](O)[C@H]4O)[C@H](O)[C@H]3O)[C@H](O)[C@H]2O)[C@H](O)[C@H]1O. The Morgan fingerprint density at radius 2 is 0.481 bits per heavy atom. The van der Waals surface area contributed by atoms with Gasteiger partial charge in [0, 0.05) is 0 Å². The first-order valence-electron chi connectivity index (χ1n) is 24.7. The molecule has 0 aromatic rings. The summed E-state index contributed by atoms with van der Waals surface area (Å²) in [6, 6.07) is 0. The molecule has 79 heavy (non-hydrogen) atoms. The minimum absolute atomic E-state index is 0.848. The van der Waals surface area contributed by atoms with Crippen molar-refractivity contribution in [2.45, 2.75) is 215 Å². The normalized spacial score (nSPS) is 52.9. The van der Waals surface area contributed by atoms with Gasteiger partial charge in [0.25, 0.3) is 0 Å². The lowest BCUT2D eigenvalue weighted by Gasteiger charge is -2.50. The van der Waals surface area contributed by atoms with E-state index in [4.69, 9.17) is 61.6 Å². The maximum Gasteiger partial charge on any atom is 0.335 e. The highest BCUT2D eigenvalue weighted by atomic mass is 16.8. The number of carbonyl (C=O) groups is 1. The standard InChI is InChI=1S/C42H70O37/c43-1-7-13(49)14(50)22(58)37(67-7)74-28-8(2-44)68-38(23(59)16(28)52)75-29-9(3-45)69-39(24(60)17(29)53)76-30-10(4-46)70-40(25(61)18(30)54)77-31-11(5-47)71-41(26(62)19(31)55)78-32-12(6-48)72-42(27(63)20(32)56)79-33-15(51)21(57)36(66)73-34(33)35(64)65/h7-34,36-63,66H,1-6H2,(H,64,65)/t7-,8-,9-,10-,11-,12-,13-,14+,15-,16-,17-,18-,19-,20-,21-,22-,23-,24-,25-,26-,27-,28-,29-,30-,31-,32-,33+,34+,36?,37-,38-,39-,40-,41-,42-/m1/s1. The molecule has 7 aliphatic rings. The molecular weight excluding hydrogens is 1100 g/mol. The molecule has 0 aromatic heterocycles. The van der Waals surface area contributed by atoms with Crippen molar-refractivity contribution in [2.75, 3.05) is 39.6 Å². The van der Waals surface area contributed by atoms with Crippen molar-refractivity contribution < 1.29 is 184 Å². The van der Waals surface area contributed by atoms with Gasteiger partial charge in [0.15, 0.2) is 50.1 Å². The van der Waals surface area contributed by atoms with Crippen LogP contribution in [0.1, 0.15) is 0 Å². The summed E-state index contributed by atoms with van der Waals surface area (Å²) in [6.07, 6.45) is -70.0. The first kappa shape index (κ1) is 64.6. The van der Waals surface area contributed by atoms with Gasteiger partial charge in [-0.15, -0.1) is 0 Å². The van der Waals surface area contributed by atoms with Gasteiger partial charge >= 0.3 is 5.97 Å². The lowest BCUT2D eigenvalue weighted by atomic mass is 9.95. The maximum absolute atomic E-state index is 11.8. The second-order valence-corrected chi connectivity index (χ2v) is 19.6. The number of aliphatic carboxylic acids is 1. The third-order valence-electron chi connectivity index (χ3n) is 14.5. The van der Waals surface area contributed by atoms with Crippen LogP contribution in [0.2, 0.25) is 0 Å². The number of aliphatic hydroxyl groups is 22. The van der Waals surface area contributed by atoms with Crippen LogP contribution in [0.3, 0.4) is 0 Å². The van der Waals surface area contributed by atoms with Crippen LogP contribution in [-0.2, 0) is 66.4 Å². The number of carboxylic acids is 1. The van der Waals surface area contributed by atoms with Crippen molar-refractivity contribution >= 4 is 5.97 Å². The van der Waals surface area contributed by atoms with Gasteiger partial charge in [0.2, 0.25) is 0 Å². The van der Waals surface area contributed by atoms with E-state index in [1.165, 1.54) is 0 Å². The van der Waals surface area contributed by atoms with Crippen LogP contribution in [0.5, 0.6) is 0 Å². The highest BCUT2D eigenvalue weighted by Gasteiger charge is 2.59. The van der Waals surface area contributed by atoms with Crippen LogP contribution in [-0.4, -0.2) is 378 Å². The molecule has 0 radical (unpaired) electrons. The van der Waals surface area contributed by atoms with E-state index in [0.29, 0.717) is 0 Å². The molecule has 460 valence electrons. The minimum Gasteiger partial charge on any atom is -0.479 e. The smallest absolute Gasteiger partial charge is 0.335 e. The molecule has 0 spiro atoms. The molecule has 0 bridgehead atoms. The monoisotopic (exact) mass is 1170 g/mol. The summed E-state index contributed by atoms with van der Waals surface area (Å²) in [5.74, 6) is -1.80. The van der Waals surface area contributed by atoms with Gasteiger partial charge in [-0.3, -0.25) is 0 Å². The predicted octanol–water partition coefficient (Wildman–Crippen LogP) is -16.2. The molecule has 37 heteroatoms. The van der Waals surface area contributed by atoms with E-state index >= 15 is 0 Å². The molecular formula is C42H70O37. The Morgan fingerprint density at radius 3 is 0.722 bits per heavy atom. The zero-order chi connectivity index (χ0) is 58.2. The third-order valence-corrected chi connectivity index (χ3v) is 14.5. The molecule has 37 nitrogen and oxygen atoms in total. The summed E-state index contributed by atoms with van der Waals surface area (Å²) in [7, 11) is 0. The molecule has 7 fully saturated rings. The lowest BCUT2D eigenvalue weighted by Crippen LogP contribution is -2.68. The second-order valence-electron chi connectivity index (χ2n) is 19.6. The van der Waals surface area contributed by atoms with Gasteiger partial charge < -0.3 is 179 Å². The van der Waals surface area contributed by atoms with Crippen molar-refractivity contribution in [2.24, 2.45) is 0 Å². The Bertz CT molecular complexity index is 1890. The van der Waals surface area contributed by atoms with Gasteiger partial charge in [-0.2, -0.15) is 0 Å². The van der Waals surface area contributed by atoms with E-state index < -0.39 is 261 Å². The summed E-state index contributed by atoms with van der Waals surface area (Å²) < 4.78 is 71.4. The van der Waals surface area contributed by atoms with Crippen molar-refractivity contribution in [3.8, 4) is 0 Å². The van der Waals surface area contributed by atoms with E-state index in [9.17, 15) is 122 Å². The summed E-state index contributed by atoms with van der Waals surface area (Å²) in [4.78, 5) is 11.8. The molecule has 23 N–H and O–H groups in total. The fourth-order valence-corrected chi connectivity index (χ4v) is 9.98. The molecule has 1 unspecified atom stereocenters. The molecule has 0 aromatic carbocycles. The number of rotatable bonds is 19. The van der Waals surface area contributed by atoms with Gasteiger partial charge in [-0.1, -0.05) is 0 Å². The number of hydrogen-bond acceptors (Lipinski definition) is 36. The minimum atomic E-state index is -2.25. The number of hydrogen-bond donors (Lipinski definition) is 23. The fraction of sp³-hybridized carbons (Fsp3) is 0.976. The molecule has 0 saturated carbocycles. The summed E-state index contributed by atoms with van der Waals surface area (Å²) >= 11 is 0. The Labute approximate surface area is 444 Å². The molecule has 7 heterocycles. The van der Waals surface area contributed by atoms with Crippen LogP contribution in [0.15, 0.2) is 0 Å². The Balaban J connectivity index is 0.949. The molecule has 7 aliphatic heterocycles. The van der Waals surface area contributed by atoms with E-state index in [2.05, 4.69) is 0 Å². The lowest BCUT2D eigenvalue weighted by molar-refractivity contribution is -0.397. The fourth-order valence-electron chi connectivity index (χ4n) is 9.98. The van der Waals surface area contributed by atoms with Crippen LogP contribution in [0.4, 0.5) is 0 Å². The first-order valence-corrected chi connectivity index (χ1v) is 24.7. The summed E-state index contributed by atoms with van der Waals surface area (Å²) in [5.41, 5.74) is 0. The second kappa shape index (κ2) is 27.4. The Kier molecular flexibility index (Phi) is 22.4. The first-order chi connectivity index (χ1) is 37.4. The topological polar surface area (TPSA) is 602 Å². The van der Waals surface area contributed by atoms with E-state index in [-0.39, 0.29) is 0 Å². The quantitative estimate of drug-likeness (QED) is 0.0571. The van der Waals surface area contributed by atoms with Crippen LogP contribution in [0, 0.1) is 0 Å². The van der Waals surface area contributed by atoms with Gasteiger partial charge in [0.1, 0.15) is 165 Å². The highest BCUT2D eigenvalue weighted by Crippen LogP contribution is 2.38. The van der Waals surface area contributed by atoms with Crippen LogP contribution >= 0.6 is 0 Å². The Morgan fingerprint density at radius 1 is 0.266 bits per heavy atom. The number of aliphatic hydroxyl groups excluding tert-OH is 22. The zero-order valence-corrected chi connectivity index (χ0v) is 41.0. The largest absolute Gasteiger partial charge is 0.479 e. The average Bonchev–Trinajstić information content (AvgIpc) is 3.49. The molecule has 7 saturated heterocycles. The Hall–Kier alpha value is -1.93. The van der Waals surface area contributed by atoms with Crippen molar-refractivity contribution in [3.63, 3.8) is 0 Å². The zero-order valence-electron chi connectivity index (χ0n) is 41.0. The van der Waals surface area contributed by atoms with Crippen LogP contribution < -0.4 is 0 Å². The third kappa shape index (κ3) is 13.2. The highest BCUT2D eigenvalue weighted by molar-refractivity contribution is 5.73. The molecule has 0 amide bonds. The van der Waals surface area contributed by atoms with Gasteiger partial charge in [-0.25, -0.2) is 4.79 Å². The predicted molar refractivity (Wildman–Crippen MR) is 232 cm³/mol. The van der Waals surface area contributed by atoms with Gasteiger partial charge in [0.05, 0.1) is 39.6 Å². The molecule has 35 atom stereocenters. The van der Waals surface area contributed by atoms with Crippen molar-refractivity contribution in [1.29, 1.82) is 0 Å². The summed E-state index contributed by atoms with van der Waals surface area (Å²) in [5, 5.41) is 243. The van der Waals surface area contributed by atoms with E-state index in [0.717, 1.165) is 0 Å². The number of ether oxygens (including phenoxy) is 13. The van der Waals surface area contributed by atoms with Gasteiger partial charge in [-0.05, 0) is 0 Å². The molecule has 7 rings (SSSR count). The van der Waals surface area contributed by atoms with E-state index in [1.54, 1.807) is 0 Å².